The number of β-lactam (4-membered cyclic amide) rings is 1. The van der Waals surface area contributed by atoms with E-state index < -0.39 is 58.1 Å². The second-order valence-electron chi connectivity index (χ2n) is 8.26. The molecule has 0 radical (unpaired) electrons. The predicted octanol–water partition coefficient (Wildman–Crippen LogP) is 0.0942. The van der Waals surface area contributed by atoms with Crippen molar-refractivity contribution < 1.29 is 29.1 Å². The van der Waals surface area contributed by atoms with Gasteiger partial charge in [-0.3, -0.25) is 9.59 Å². The van der Waals surface area contributed by atoms with Crippen molar-refractivity contribution in [3.63, 3.8) is 0 Å². The Balaban J connectivity index is 1.51. The monoisotopic (exact) mass is 461 g/mol. The number of hydrogen-bond acceptors (Lipinski definition) is 6. The maximum atomic E-state index is 13.1. The maximum Gasteiger partial charge on any atom is 0.327 e. The summed E-state index contributed by atoms with van der Waals surface area (Å²) in [5.41, 5.74) is 0.476. The van der Waals surface area contributed by atoms with Gasteiger partial charge < -0.3 is 26.0 Å². The van der Waals surface area contributed by atoms with Crippen LogP contribution in [0.3, 0.4) is 0 Å². The summed E-state index contributed by atoms with van der Waals surface area (Å²) in [5.74, 6) is -2.20. The first kappa shape index (κ1) is 21.9. The van der Waals surface area contributed by atoms with Crippen molar-refractivity contribution in [2.24, 2.45) is 0 Å². The Kier molecular flexibility index (Phi) is 5.49. The third-order valence-corrected chi connectivity index (χ3v) is 7.31. The van der Waals surface area contributed by atoms with Crippen LogP contribution in [0.25, 0.3) is 0 Å². The van der Waals surface area contributed by atoms with Gasteiger partial charge in [-0.25, -0.2) is 19.3 Å². The van der Waals surface area contributed by atoms with Crippen LogP contribution < -0.4 is 16.0 Å². The third kappa shape index (κ3) is 3.64. The highest BCUT2D eigenvalue weighted by atomic mass is 32.2. The molecule has 3 saturated heterocycles. The van der Waals surface area contributed by atoms with Crippen molar-refractivity contribution >= 4 is 41.6 Å². The largest absolute Gasteiger partial charge is 0.480 e. The number of amides is 6. The minimum absolute atomic E-state index is 0.175. The molecule has 3 heterocycles. The number of carboxylic acid groups (broad SMARTS) is 1. The molecule has 0 spiro atoms. The number of carboxylic acids is 1. The molecule has 3 aliphatic rings. The van der Waals surface area contributed by atoms with Gasteiger partial charge in [-0.1, -0.05) is 30.3 Å². The number of carbonyl (C=O) groups is 5. The highest BCUT2D eigenvalue weighted by Crippen LogP contribution is 2.50. The molecule has 4 atom stereocenters. The number of benzene rings is 1. The van der Waals surface area contributed by atoms with Gasteiger partial charge in [0.1, 0.15) is 23.5 Å². The Morgan fingerprint density at radius 1 is 1.22 bits per heavy atom. The number of urea groups is 2. The van der Waals surface area contributed by atoms with E-state index >= 15 is 0 Å². The van der Waals surface area contributed by atoms with Crippen molar-refractivity contribution in [2.45, 2.75) is 42.1 Å². The molecule has 4 N–H and O–H groups in total. The van der Waals surface area contributed by atoms with Gasteiger partial charge in [-0.2, -0.15) is 0 Å². The normalized spacial score (nSPS) is 26.6. The Labute approximate surface area is 187 Å². The van der Waals surface area contributed by atoms with Crippen LogP contribution >= 0.6 is 11.8 Å². The van der Waals surface area contributed by atoms with Crippen LogP contribution in [0.4, 0.5) is 9.59 Å². The predicted molar refractivity (Wildman–Crippen MR) is 113 cm³/mol. The maximum absolute atomic E-state index is 13.1. The summed E-state index contributed by atoms with van der Waals surface area (Å²) in [4.78, 5) is 64.2. The SMILES string of the molecule is CC1(C)S[C@@H]2[C@@H](NC(=O)C(NC(=O)N3CCNC3=O)c3ccccc3)C(=O)N2[C@@H]1C(=O)O. The first-order valence-electron chi connectivity index (χ1n) is 10.1. The van der Waals surface area contributed by atoms with E-state index in [0.717, 1.165) is 4.90 Å². The summed E-state index contributed by atoms with van der Waals surface area (Å²) < 4.78 is -0.720. The molecular weight excluding hydrogens is 438 g/mol. The lowest BCUT2D eigenvalue weighted by Crippen LogP contribution is -2.71. The molecule has 0 saturated carbocycles. The summed E-state index contributed by atoms with van der Waals surface area (Å²) in [6.07, 6.45) is 0. The van der Waals surface area contributed by atoms with E-state index in [2.05, 4.69) is 16.0 Å². The van der Waals surface area contributed by atoms with Crippen molar-refractivity contribution in [2.75, 3.05) is 13.1 Å². The average Bonchev–Trinajstić information content (AvgIpc) is 3.29. The fourth-order valence-electron chi connectivity index (χ4n) is 4.19. The summed E-state index contributed by atoms with van der Waals surface area (Å²) in [5, 5.41) is 16.8. The van der Waals surface area contributed by atoms with E-state index in [0.29, 0.717) is 12.1 Å². The lowest BCUT2D eigenvalue weighted by atomic mass is 9.95. The molecule has 0 aromatic heterocycles. The van der Waals surface area contributed by atoms with Crippen molar-refractivity contribution in [3.8, 4) is 0 Å². The molecule has 11 nitrogen and oxygen atoms in total. The number of nitrogens with zero attached hydrogens (tertiary/aromatic N) is 2. The molecule has 0 aliphatic carbocycles. The van der Waals surface area contributed by atoms with E-state index in [4.69, 9.17) is 0 Å². The van der Waals surface area contributed by atoms with E-state index in [9.17, 15) is 29.1 Å². The Hall–Kier alpha value is -3.28. The Bertz CT molecular complexity index is 986. The number of rotatable bonds is 5. The number of carbonyl (C=O) groups excluding carboxylic acids is 4. The fraction of sp³-hybridized carbons (Fsp3) is 0.450. The highest BCUT2D eigenvalue weighted by Gasteiger charge is 2.64. The first-order chi connectivity index (χ1) is 15.1. The zero-order valence-electron chi connectivity index (χ0n) is 17.4. The van der Waals surface area contributed by atoms with Gasteiger partial charge in [0.15, 0.2) is 0 Å². The van der Waals surface area contributed by atoms with E-state index in [1.54, 1.807) is 44.2 Å². The van der Waals surface area contributed by atoms with Crippen LogP contribution in [0.15, 0.2) is 30.3 Å². The first-order valence-corrected chi connectivity index (χ1v) is 10.9. The smallest absolute Gasteiger partial charge is 0.327 e. The standard InChI is InChI=1S/C20H23N5O6S/c1-20(2)13(17(28)29)25-15(27)12(16(25)32-20)22-14(26)11(10-6-4-3-5-7-10)23-19(31)24-9-8-21-18(24)30/h3-7,11-13,16H,8-9H2,1-2H3,(H,21,30)(H,22,26)(H,23,31)(H,28,29)/t11?,12-,13+,16+/m0/s1. The highest BCUT2D eigenvalue weighted by molar-refractivity contribution is 8.01. The zero-order valence-corrected chi connectivity index (χ0v) is 18.2. The minimum atomic E-state index is -1.14. The lowest BCUT2D eigenvalue weighted by Gasteiger charge is -2.44. The summed E-state index contributed by atoms with van der Waals surface area (Å²) in [6.45, 7) is 3.98. The van der Waals surface area contributed by atoms with Crippen LogP contribution in [0.2, 0.25) is 0 Å². The van der Waals surface area contributed by atoms with Gasteiger partial charge >= 0.3 is 18.0 Å². The molecule has 1 unspecified atom stereocenters. The lowest BCUT2D eigenvalue weighted by molar-refractivity contribution is -0.161. The van der Waals surface area contributed by atoms with Gasteiger partial charge in [0.2, 0.25) is 11.8 Å². The topological polar surface area (TPSA) is 148 Å². The second kappa shape index (κ2) is 8.01. The number of aliphatic carboxylic acids is 1. The number of thioether (sulfide) groups is 1. The molecular formula is C20H23N5O6S. The van der Waals surface area contributed by atoms with Crippen LogP contribution in [0, 0.1) is 0 Å². The van der Waals surface area contributed by atoms with Gasteiger partial charge in [0, 0.05) is 17.8 Å². The molecule has 6 amide bonds. The van der Waals surface area contributed by atoms with Crippen LogP contribution in [-0.2, 0) is 14.4 Å². The Morgan fingerprint density at radius 3 is 2.50 bits per heavy atom. The van der Waals surface area contributed by atoms with E-state index in [1.165, 1.54) is 16.7 Å². The van der Waals surface area contributed by atoms with Crippen molar-refractivity contribution in [1.82, 2.24) is 25.8 Å². The van der Waals surface area contributed by atoms with Gasteiger partial charge in [0.25, 0.3) is 0 Å². The van der Waals surface area contributed by atoms with Crippen molar-refractivity contribution in [1.29, 1.82) is 0 Å². The quantitative estimate of drug-likeness (QED) is 0.454. The van der Waals surface area contributed by atoms with Gasteiger partial charge in [-0.05, 0) is 19.4 Å². The molecule has 12 heteroatoms. The summed E-state index contributed by atoms with van der Waals surface area (Å²) >= 11 is 1.31. The number of hydrogen-bond donors (Lipinski definition) is 4. The minimum Gasteiger partial charge on any atom is -0.480 e. The van der Waals surface area contributed by atoms with Crippen LogP contribution in [0.5, 0.6) is 0 Å². The van der Waals surface area contributed by atoms with Crippen LogP contribution in [0.1, 0.15) is 25.5 Å². The number of imide groups is 1. The van der Waals surface area contributed by atoms with Crippen molar-refractivity contribution in [3.05, 3.63) is 35.9 Å². The number of nitrogens with one attached hydrogen (secondary N) is 3. The summed E-state index contributed by atoms with van der Waals surface area (Å²) in [6, 6.07) is 4.14. The fourth-order valence-corrected chi connectivity index (χ4v) is 5.82. The Morgan fingerprint density at radius 2 is 1.91 bits per heavy atom. The van der Waals surface area contributed by atoms with E-state index in [1.807, 2.05) is 0 Å². The average molecular weight is 462 g/mol. The second-order valence-corrected chi connectivity index (χ2v) is 10.0. The van der Waals surface area contributed by atoms with E-state index in [-0.39, 0.29) is 6.54 Å². The number of fused-ring (bicyclic) bond motifs is 1. The summed E-state index contributed by atoms with van der Waals surface area (Å²) in [7, 11) is 0. The third-order valence-electron chi connectivity index (χ3n) is 5.74. The zero-order chi connectivity index (χ0) is 23.2. The van der Waals surface area contributed by atoms with Crippen LogP contribution in [-0.4, -0.2) is 80.0 Å². The molecule has 4 rings (SSSR count). The molecule has 1 aromatic carbocycles. The van der Waals surface area contributed by atoms with Gasteiger partial charge in [0.05, 0.1) is 0 Å². The molecule has 1 aromatic rings. The molecule has 0 bridgehead atoms. The molecule has 3 aliphatic heterocycles. The van der Waals surface area contributed by atoms with Gasteiger partial charge in [-0.15, -0.1) is 11.8 Å². The molecule has 32 heavy (non-hydrogen) atoms. The molecule has 3 fully saturated rings. The molecule has 170 valence electrons.